The molecule has 3 atom stereocenters. The number of ether oxygens (including phenoxy) is 1. The van der Waals surface area contributed by atoms with Crippen LogP contribution in [0.5, 0.6) is 0 Å². The Hall–Kier alpha value is -2.30. The molecule has 0 aliphatic heterocycles. The van der Waals surface area contributed by atoms with E-state index in [0.29, 0.717) is 0 Å². The Kier molecular flexibility index (Phi) is 6.37. The quantitative estimate of drug-likeness (QED) is 0.677. The van der Waals surface area contributed by atoms with Gasteiger partial charge in [-0.1, -0.05) is 6.92 Å². The molecule has 124 valence electrons. The highest BCUT2D eigenvalue weighted by Crippen LogP contribution is 2.28. The Bertz CT molecular complexity index is 491. The topological polar surface area (TPSA) is 137 Å². The number of carboxylic acid groups (broad SMARTS) is 2. The van der Waals surface area contributed by atoms with Crippen LogP contribution < -0.4 is 5.32 Å². The average Bonchev–Trinajstić information content (AvgIpc) is 2.31. The smallest absolute Gasteiger partial charge is 0.408 e. The molecule has 0 aliphatic carbocycles. The monoisotopic (exact) mass is 314 g/mol. The molecule has 22 heavy (non-hydrogen) atoms. The van der Waals surface area contributed by atoms with E-state index in [1.54, 1.807) is 26.8 Å². The second-order valence-electron chi connectivity index (χ2n) is 6.23. The van der Waals surface area contributed by atoms with E-state index in [1.807, 2.05) is 0 Å². The van der Waals surface area contributed by atoms with Gasteiger partial charge in [-0.05, 0) is 27.7 Å². The first-order valence-corrected chi connectivity index (χ1v) is 6.69. The molecule has 0 spiro atoms. The maximum Gasteiger partial charge on any atom is 0.408 e. The predicted molar refractivity (Wildman–Crippen MR) is 75.9 cm³/mol. The van der Waals surface area contributed by atoms with E-state index >= 15 is 0 Å². The summed E-state index contributed by atoms with van der Waals surface area (Å²) >= 11 is 0. The molecular weight excluding hydrogens is 292 g/mol. The SMILES string of the molecule is CC(C(CC#N)C(=O)O)C(C)(NC(=O)OC(C)(C)C)C(=O)O. The third-order valence-corrected chi connectivity index (χ3v) is 3.35. The lowest BCUT2D eigenvalue weighted by Crippen LogP contribution is -2.59. The second kappa shape index (κ2) is 7.11. The van der Waals surface area contributed by atoms with Crippen LogP contribution in [0.15, 0.2) is 0 Å². The summed E-state index contributed by atoms with van der Waals surface area (Å²) in [4.78, 5) is 34.6. The van der Waals surface area contributed by atoms with Crippen LogP contribution in [0.25, 0.3) is 0 Å². The summed E-state index contributed by atoms with van der Waals surface area (Å²) < 4.78 is 5.01. The molecule has 0 aromatic carbocycles. The Labute approximate surface area is 129 Å². The van der Waals surface area contributed by atoms with E-state index in [9.17, 15) is 19.5 Å². The van der Waals surface area contributed by atoms with Crippen LogP contribution in [0.1, 0.15) is 41.0 Å². The van der Waals surface area contributed by atoms with Crippen molar-refractivity contribution in [3.63, 3.8) is 0 Å². The number of rotatable bonds is 6. The molecule has 0 radical (unpaired) electrons. The Morgan fingerprint density at radius 1 is 1.23 bits per heavy atom. The van der Waals surface area contributed by atoms with Crippen molar-refractivity contribution < 1.29 is 29.3 Å². The van der Waals surface area contributed by atoms with Crippen molar-refractivity contribution in [3.05, 3.63) is 0 Å². The van der Waals surface area contributed by atoms with Crippen molar-refractivity contribution in [3.8, 4) is 6.07 Å². The fourth-order valence-corrected chi connectivity index (χ4v) is 1.86. The van der Waals surface area contributed by atoms with Gasteiger partial charge in [-0.3, -0.25) is 4.79 Å². The summed E-state index contributed by atoms with van der Waals surface area (Å²) in [6, 6.07) is 1.71. The first-order valence-electron chi connectivity index (χ1n) is 6.69. The lowest BCUT2D eigenvalue weighted by atomic mass is 9.76. The number of nitriles is 1. The molecule has 0 aliphatic rings. The number of carbonyl (C=O) groups excluding carboxylic acids is 1. The standard InChI is InChI=1S/C14H22N2O6/c1-8(9(6-7-15)10(17)18)14(5,11(19)20)16-12(21)22-13(2,3)4/h8-9H,6H2,1-5H3,(H,16,21)(H,17,18)(H,19,20). The van der Waals surface area contributed by atoms with Gasteiger partial charge in [-0.2, -0.15) is 5.26 Å². The van der Waals surface area contributed by atoms with Gasteiger partial charge in [0.1, 0.15) is 11.1 Å². The van der Waals surface area contributed by atoms with Crippen LogP contribution in [0.3, 0.4) is 0 Å². The second-order valence-corrected chi connectivity index (χ2v) is 6.23. The molecule has 0 rings (SSSR count). The molecule has 3 N–H and O–H groups in total. The highest BCUT2D eigenvalue weighted by molar-refractivity contribution is 5.85. The van der Waals surface area contributed by atoms with E-state index in [1.165, 1.54) is 13.8 Å². The zero-order valence-corrected chi connectivity index (χ0v) is 13.3. The number of hydrogen-bond acceptors (Lipinski definition) is 5. The van der Waals surface area contributed by atoms with Gasteiger partial charge >= 0.3 is 18.0 Å². The molecule has 8 heteroatoms. The molecule has 3 unspecified atom stereocenters. The van der Waals surface area contributed by atoms with Crippen LogP contribution in [-0.4, -0.2) is 39.4 Å². The van der Waals surface area contributed by atoms with Crippen molar-refractivity contribution >= 4 is 18.0 Å². The maximum atomic E-state index is 11.8. The number of carboxylic acids is 2. The van der Waals surface area contributed by atoms with Gasteiger partial charge < -0.3 is 20.3 Å². The third-order valence-electron chi connectivity index (χ3n) is 3.35. The Morgan fingerprint density at radius 2 is 1.73 bits per heavy atom. The summed E-state index contributed by atoms with van der Waals surface area (Å²) in [5.74, 6) is -4.97. The number of alkyl carbamates (subject to hydrolysis) is 1. The highest BCUT2D eigenvalue weighted by Gasteiger charge is 2.47. The van der Waals surface area contributed by atoms with Crippen molar-refractivity contribution in [2.45, 2.75) is 52.2 Å². The molecular formula is C14H22N2O6. The molecule has 0 fully saturated rings. The van der Waals surface area contributed by atoms with Gasteiger partial charge in [0.25, 0.3) is 0 Å². The van der Waals surface area contributed by atoms with Gasteiger partial charge in [0.15, 0.2) is 0 Å². The summed E-state index contributed by atoms with van der Waals surface area (Å²) in [5, 5.41) is 29.5. The van der Waals surface area contributed by atoms with Crippen LogP contribution in [-0.2, 0) is 14.3 Å². The summed E-state index contributed by atoms with van der Waals surface area (Å²) in [7, 11) is 0. The van der Waals surface area contributed by atoms with Gasteiger partial charge in [-0.25, -0.2) is 9.59 Å². The first-order chi connectivity index (χ1) is 9.85. The van der Waals surface area contributed by atoms with Crippen LogP contribution in [0, 0.1) is 23.2 Å². The van der Waals surface area contributed by atoms with Crippen molar-refractivity contribution in [1.29, 1.82) is 5.26 Å². The van der Waals surface area contributed by atoms with Gasteiger partial charge in [-0.15, -0.1) is 0 Å². The number of amides is 1. The summed E-state index contributed by atoms with van der Waals surface area (Å²) in [6.07, 6.45) is -1.33. The minimum Gasteiger partial charge on any atom is -0.481 e. The highest BCUT2D eigenvalue weighted by atomic mass is 16.6. The molecule has 0 saturated heterocycles. The summed E-state index contributed by atoms with van der Waals surface area (Å²) in [6.45, 7) is 7.40. The van der Waals surface area contributed by atoms with E-state index < -0.39 is 41.0 Å². The van der Waals surface area contributed by atoms with Crippen molar-refractivity contribution in [2.75, 3.05) is 0 Å². The van der Waals surface area contributed by atoms with E-state index in [4.69, 9.17) is 15.1 Å². The molecule has 0 aromatic rings. The molecule has 0 heterocycles. The van der Waals surface area contributed by atoms with Crippen LogP contribution in [0.4, 0.5) is 4.79 Å². The normalized spacial score (nSPS) is 16.5. The minimum absolute atomic E-state index is 0.366. The average molecular weight is 314 g/mol. The third kappa shape index (κ3) is 5.24. The molecule has 0 saturated carbocycles. The molecule has 0 bridgehead atoms. The van der Waals surface area contributed by atoms with Crippen LogP contribution >= 0.6 is 0 Å². The molecule has 0 aromatic heterocycles. The van der Waals surface area contributed by atoms with E-state index in [-0.39, 0.29) is 6.42 Å². The fraction of sp³-hybridized carbons (Fsp3) is 0.714. The Balaban J connectivity index is 5.41. The lowest BCUT2D eigenvalue weighted by molar-refractivity contribution is -0.151. The number of nitrogens with zero attached hydrogens (tertiary/aromatic N) is 1. The van der Waals surface area contributed by atoms with Gasteiger partial charge in [0.2, 0.25) is 0 Å². The molecule has 1 amide bonds. The van der Waals surface area contributed by atoms with Crippen LogP contribution in [0.2, 0.25) is 0 Å². The molecule has 8 nitrogen and oxygen atoms in total. The predicted octanol–water partition coefficient (Wildman–Crippen LogP) is 1.60. The van der Waals surface area contributed by atoms with E-state index in [0.717, 1.165) is 0 Å². The van der Waals surface area contributed by atoms with Crippen molar-refractivity contribution in [1.82, 2.24) is 5.32 Å². The number of nitrogens with one attached hydrogen (secondary N) is 1. The first kappa shape index (κ1) is 19.7. The fourth-order valence-electron chi connectivity index (χ4n) is 1.86. The van der Waals surface area contributed by atoms with Crippen molar-refractivity contribution in [2.24, 2.45) is 11.8 Å². The summed E-state index contributed by atoms with van der Waals surface area (Å²) in [5.41, 5.74) is -2.71. The van der Waals surface area contributed by atoms with Gasteiger partial charge in [0.05, 0.1) is 12.0 Å². The largest absolute Gasteiger partial charge is 0.481 e. The van der Waals surface area contributed by atoms with Gasteiger partial charge in [0, 0.05) is 12.3 Å². The number of hydrogen-bond donors (Lipinski definition) is 3. The lowest BCUT2D eigenvalue weighted by Gasteiger charge is -2.35. The minimum atomic E-state index is -1.89. The zero-order chi connectivity index (χ0) is 17.7. The number of aliphatic carboxylic acids is 2. The van der Waals surface area contributed by atoms with E-state index in [2.05, 4.69) is 5.32 Å². The zero-order valence-electron chi connectivity index (χ0n) is 13.3. The Morgan fingerprint density at radius 3 is 2.05 bits per heavy atom. The maximum absolute atomic E-state index is 11.8. The number of carbonyl (C=O) groups is 3.